The van der Waals surface area contributed by atoms with Crippen LogP contribution in [0.1, 0.15) is 31.7 Å². The molecule has 1 unspecified atom stereocenters. The summed E-state index contributed by atoms with van der Waals surface area (Å²) in [5.74, 6) is 0.550. The molecule has 0 spiro atoms. The van der Waals surface area contributed by atoms with Gasteiger partial charge in [0.2, 0.25) is 0 Å². The van der Waals surface area contributed by atoms with Gasteiger partial charge >= 0.3 is 0 Å². The molecule has 88 valence electrons. The molecule has 1 aromatic carbocycles. The quantitative estimate of drug-likeness (QED) is 0.848. The lowest BCUT2D eigenvalue weighted by Gasteiger charge is -2.39. The topological polar surface area (TPSA) is 35.2 Å². The van der Waals surface area contributed by atoms with Crippen LogP contribution in [-0.2, 0) is 10.3 Å². The van der Waals surface area contributed by atoms with Gasteiger partial charge in [0.15, 0.2) is 0 Å². The molecule has 0 saturated carbocycles. The first kappa shape index (κ1) is 11.6. The predicted octanol–water partition coefficient (Wildman–Crippen LogP) is 2.68. The van der Waals surface area contributed by atoms with E-state index in [0.717, 1.165) is 32.5 Å². The van der Waals surface area contributed by atoms with Crippen molar-refractivity contribution in [2.75, 3.05) is 13.2 Å². The second-order valence-electron chi connectivity index (χ2n) is 4.65. The molecule has 1 heterocycles. The van der Waals surface area contributed by atoms with E-state index in [1.807, 2.05) is 6.07 Å². The lowest BCUT2D eigenvalue weighted by molar-refractivity contribution is 0.0361. The van der Waals surface area contributed by atoms with Crippen LogP contribution in [0.3, 0.4) is 0 Å². The first-order valence-electron chi connectivity index (χ1n) is 6.19. The standard InChI is InChI=1S/C14H21NO/c1-2-14(15,12-6-4-3-5-7-12)13-8-10-16-11-9-13/h3-7,13H,2,8-11,15H2,1H3. The Morgan fingerprint density at radius 2 is 1.88 bits per heavy atom. The van der Waals surface area contributed by atoms with Crippen molar-refractivity contribution in [1.82, 2.24) is 0 Å². The molecule has 1 aromatic rings. The van der Waals surface area contributed by atoms with Crippen molar-refractivity contribution in [1.29, 1.82) is 0 Å². The van der Waals surface area contributed by atoms with Crippen LogP contribution < -0.4 is 5.73 Å². The summed E-state index contributed by atoms with van der Waals surface area (Å²) in [5, 5.41) is 0. The van der Waals surface area contributed by atoms with Gasteiger partial charge in [0.05, 0.1) is 0 Å². The van der Waals surface area contributed by atoms with E-state index in [-0.39, 0.29) is 5.54 Å². The normalized spacial score (nSPS) is 21.6. The van der Waals surface area contributed by atoms with Crippen LogP contribution in [0.25, 0.3) is 0 Å². The fraction of sp³-hybridized carbons (Fsp3) is 0.571. The van der Waals surface area contributed by atoms with Crippen molar-refractivity contribution in [2.24, 2.45) is 11.7 Å². The van der Waals surface area contributed by atoms with E-state index in [4.69, 9.17) is 10.5 Å². The molecule has 2 nitrogen and oxygen atoms in total. The Morgan fingerprint density at radius 1 is 1.25 bits per heavy atom. The number of hydrogen-bond donors (Lipinski definition) is 1. The monoisotopic (exact) mass is 219 g/mol. The van der Waals surface area contributed by atoms with Gasteiger partial charge in [-0.2, -0.15) is 0 Å². The first-order valence-corrected chi connectivity index (χ1v) is 6.19. The van der Waals surface area contributed by atoms with Crippen LogP contribution in [0.4, 0.5) is 0 Å². The van der Waals surface area contributed by atoms with E-state index < -0.39 is 0 Å². The van der Waals surface area contributed by atoms with Gasteiger partial charge in [-0.15, -0.1) is 0 Å². The Labute approximate surface area is 97.8 Å². The van der Waals surface area contributed by atoms with E-state index in [2.05, 4.69) is 31.2 Å². The number of ether oxygens (including phenoxy) is 1. The highest BCUT2D eigenvalue weighted by Gasteiger charge is 2.35. The molecular formula is C14H21NO. The van der Waals surface area contributed by atoms with Crippen molar-refractivity contribution in [3.63, 3.8) is 0 Å². The summed E-state index contributed by atoms with van der Waals surface area (Å²) in [5.41, 5.74) is 7.73. The molecular weight excluding hydrogens is 198 g/mol. The third kappa shape index (κ3) is 2.13. The molecule has 1 saturated heterocycles. The molecule has 16 heavy (non-hydrogen) atoms. The smallest absolute Gasteiger partial charge is 0.0469 e. The van der Waals surface area contributed by atoms with E-state index in [0.29, 0.717) is 5.92 Å². The summed E-state index contributed by atoms with van der Waals surface area (Å²) in [7, 11) is 0. The summed E-state index contributed by atoms with van der Waals surface area (Å²) in [6.45, 7) is 3.90. The molecule has 0 radical (unpaired) electrons. The molecule has 1 atom stereocenters. The minimum atomic E-state index is -0.176. The fourth-order valence-electron chi connectivity index (χ4n) is 2.69. The largest absolute Gasteiger partial charge is 0.381 e. The Bertz CT molecular complexity index is 319. The minimum Gasteiger partial charge on any atom is -0.381 e. The van der Waals surface area contributed by atoms with Crippen LogP contribution in [0, 0.1) is 5.92 Å². The highest BCUT2D eigenvalue weighted by molar-refractivity contribution is 5.25. The number of nitrogens with two attached hydrogens (primary N) is 1. The van der Waals surface area contributed by atoms with Crippen molar-refractivity contribution in [2.45, 2.75) is 31.7 Å². The van der Waals surface area contributed by atoms with Gasteiger partial charge in [-0.25, -0.2) is 0 Å². The average molecular weight is 219 g/mol. The second-order valence-corrected chi connectivity index (χ2v) is 4.65. The maximum absolute atomic E-state index is 6.64. The maximum atomic E-state index is 6.64. The summed E-state index contributed by atoms with van der Waals surface area (Å²) in [6, 6.07) is 10.5. The Hall–Kier alpha value is -0.860. The third-order valence-corrected chi connectivity index (χ3v) is 3.85. The zero-order chi connectivity index (χ0) is 11.4. The fourth-order valence-corrected chi connectivity index (χ4v) is 2.69. The number of hydrogen-bond acceptors (Lipinski definition) is 2. The van der Waals surface area contributed by atoms with E-state index >= 15 is 0 Å². The molecule has 1 aliphatic heterocycles. The van der Waals surface area contributed by atoms with Gasteiger partial charge in [0.1, 0.15) is 0 Å². The zero-order valence-corrected chi connectivity index (χ0v) is 9.99. The maximum Gasteiger partial charge on any atom is 0.0469 e. The minimum absolute atomic E-state index is 0.176. The lowest BCUT2D eigenvalue weighted by Crippen LogP contribution is -2.45. The summed E-state index contributed by atoms with van der Waals surface area (Å²) >= 11 is 0. The van der Waals surface area contributed by atoms with Crippen molar-refractivity contribution in [3.8, 4) is 0 Å². The van der Waals surface area contributed by atoms with Gasteiger partial charge in [-0.1, -0.05) is 37.3 Å². The molecule has 1 aliphatic rings. The van der Waals surface area contributed by atoms with Gasteiger partial charge in [-0.05, 0) is 30.7 Å². The molecule has 1 fully saturated rings. The molecule has 2 N–H and O–H groups in total. The van der Waals surface area contributed by atoms with Crippen molar-refractivity contribution in [3.05, 3.63) is 35.9 Å². The van der Waals surface area contributed by atoms with Crippen LogP contribution in [0.2, 0.25) is 0 Å². The first-order chi connectivity index (χ1) is 7.77. The summed E-state index contributed by atoms with van der Waals surface area (Å²) in [4.78, 5) is 0. The van der Waals surface area contributed by atoms with Crippen LogP contribution in [-0.4, -0.2) is 13.2 Å². The molecule has 0 aliphatic carbocycles. The van der Waals surface area contributed by atoms with Crippen molar-refractivity contribution < 1.29 is 4.74 Å². The lowest BCUT2D eigenvalue weighted by atomic mass is 9.73. The predicted molar refractivity (Wildman–Crippen MR) is 66.1 cm³/mol. The van der Waals surface area contributed by atoms with Crippen LogP contribution in [0.15, 0.2) is 30.3 Å². The van der Waals surface area contributed by atoms with Gasteiger partial charge in [0, 0.05) is 18.8 Å². The molecule has 0 amide bonds. The Balaban J connectivity index is 2.24. The molecule has 2 rings (SSSR count). The molecule has 0 aromatic heterocycles. The van der Waals surface area contributed by atoms with E-state index in [9.17, 15) is 0 Å². The third-order valence-electron chi connectivity index (χ3n) is 3.85. The zero-order valence-electron chi connectivity index (χ0n) is 9.99. The highest BCUT2D eigenvalue weighted by Crippen LogP contribution is 2.36. The number of benzene rings is 1. The number of rotatable bonds is 3. The molecule has 2 heteroatoms. The van der Waals surface area contributed by atoms with Gasteiger partial charge in [-0.3, -0.25) is 0 Å². The SMILES string of the molecule is CCC(N)(c1ccccc1)C1CCOCC1. The van der Waals surface area contributed by atoms with Crippen LogP contribution in [0.5, 0.6) is 0 Å². The Kier molecular flexibility index (Phi) is 3.62. The van der Waals surface area contributed by atoms with E-state index in [1.165, 1.54) is 5.56 Å². The van der Waals surface area contributed by atoms with E-state index in [1.54, 1.807) is 0 Å². The van der Waals surface area contributed by atoms with Crippen molar-refractivity contribution >= 4 is 0 Å². The summed E-state index contributed by atoms with van der Waals surface area (Å²) in [6.07, 6.45) is 3.15. The second kappa shape index (κ2) is 4.98. The van der Waals surface area contributed by atoms with Gasteiger partial charge in [0.25, 0.3) is 0 Å². The summed E-state index contributed by atoms with van der Waals surface area (Å²) < 4.78 is 5.42. The average Bonchev–Trinajstić information content (AvgIpc) is 2.40. The molecule has 0 bridgehead atoms. The van der Waals surface area contributed by atoms with Crippen LogP contribution >= 0.6 is 0 Å². The Morgan fingerprint density at radius 3 is 2.44 bits per heavy atom. The van der Waals surface area contributed by atoms with Gasteiger partial charge < -0.3 is 10.5 Å². The highest BCUT2D eigenvalue weighted by atomic mass is 16.5.